The van der Waals surface area contributed by atoms with Crippen molar-refractivity contribution < 1.29 is 46.1 Å². The molecule has 10 nitrogen and oxygen atoms in total. The van der Waals surface area contributed by atoms with Gasteiger partial charge in [-0.15, -0.1) is 0 Å². The third-order valence-corrected chi connectivity index (χ3v) is 21.5. The number of hydrogen-bond acceptors (Lipinski definition) is 10. The summed E-state index contributed by atoms with van der Waals surface area (Å²) in [6, 6.07) is 46.2. The molecule has 2 bridgehead atoms. The normalized spacial score (nSPS) is 25.0. The van der Waals surface area contributed by atoms with Crippen molar-refractivity contribution in [3.05, 3.63) is 157 Å². The number of methoxy groups -OCH3 is 1. The van der Waals surface area contributed by atoms with Crippen LogP contribution in [0.25, 0.3) is 0 Å². The standard InChI is InChI=1S/C57H70O10SSi/c1-40-33-52(64-38-43-29-31-44(62-8)32-30-43)57(6,7)53(39-65-69(56(3,4)5,47-25-17-11-18-26-47)48-27-19-12-20-28-48)67-54(58)36-50-41(2)49(63-37-42-21-13-9-14-22-42)34-45(66-50)35-51(55(40)59)68(60,61)46-23-15-10-16-24-46/h9-32,40-41,45,49-53H,33-39H2,1-8H3/t40-,41-,45+,49+,50+,51?,52-,53-/m1/s1. The second-order valence-corrected chi connectivity index (χ2v) is 26.9. The van der Waals surface area contributed by atoms with Crippen LogP contribution in [0, 0.1) is 17.3 Å². The minimum absolute atomic E-state index is 0.00820. The minimum Gasteiger partial charge on any atom is -0.497 e. The van der Waals surface area contributed by atoms with E-state index in [0.717, 1.165) is 21.5 Å². The molecule has 0 saturated carbocycles. The molecule has 5 aromatic carbocycles. The van der Waals surface area contributed by atoms with E-state index in [1.807, 2.05) is 112 Å². The molecule has 2 aliphatic rings. The number of fused-ring (bicyclic) bond motifs is 2. The number of Topliss-reactive ketones (excluding diaryl/α,β-unsaturated/α-hetero) is 1. The number of carbonyl (C=O) groups excluding carboxylic acids is 2. The number of benzene rings is 5. The van der Waals surface area contributed by atoms with Gasteiger partial charge in [-0.05, 0) is 63.6 Å². The van der Waals surface area contributed by atoms with Gasteiger partial charge in [0.1, 0.15) is 17.1 Å². The SMILES string of the molecule is COc1ccc(CO[C@@H]2C[C@@H](C)C(=O)C(S(=O)(=O)c3ccccc3)C[C@@H]3C[C@H](OCc4ccccc4)[C@@H](C)[C@H](CC(=O)O[C@H](CO[Si](c4ccccc4)(c4ccccc4)C(C)(C)C)C2(C)C)O3)cc1. The number of rotatable bonds is 14. The van der Waals surface area contributed by atoms with Gasteiger partial charge in [-0.3, -0.25) is 9.59 Å². The van der Waals surface area contributed by atoms with E-state index in [9.17, 15) is 13.2 Å². The maximum atomic E-state index is 15.2. The maximum absolute atomic E-state index is 15.2. The molecule has 7 rings (SSSR count). The lowest BCUT2D eigenvalue weighted by Gasteiger charge is -2.46. The minimum atomic E-state index is -4.22. The van der Waals surface area contributed by atoms with Gasteiger partial charge < -0.3 is 28.1 Å². The van der Waals surface area contributed by atoms with E-state index in [2.05, 4.69) is 45.0 Å². The first-order chi connectivity index (χ1) is 32.9. The molecule has 0 aliphatic carbocycles. The molecular formula is C57H70O10SSi. The maximum Gasteiger partial charge on any atom is 0.308 e. The van der Waals surface area contributed by atoms with Crippen LogP contribution in [0.15, 0.2) is 150 Å². The summed E-state index contributed by atoms with van der Waals surface area (Å²) in [7, 11) is -5.79. The first-order valence-electron chi connectivity index (χ1n) is 24.3. The highest BCUT2D eigenvalue weighted by molar-refractivity contribution is 7.92. The van der Waals surface area contributed by atoms with Crippen molar-refractivity contribution in [2.45, 2.75) is 133 Å². The van der Waals surface area contributed by atoms with Gasteiger partial charge in [0.25, 0.3) is 8.32 Å². The Morgan fingerprint density at radius 1 is 0.696 bits per heavy atom. The zero-order valence-corrected chi connectivity index (χ0v) is 43.2. The van der Waals surface area contributed by atoms with E-state index in [0.29, 0.717) is 18.8 Å². The molecule has 5 aromatic rings. The van der Waals surface area contributed by atoms with Crippen molar-refractivity contribution in [1.82, 2.24) is 0 Å². The van der Waals surface area contributed by atoms with Crippen molar-refractivity contribution in [1.29, 1.82) is 0 Å². The highest BCUT2D eigenvalue weighted by Crippen LogP contribution is 2.42. The molecule has 8 atom stereocenters. The fraction of sp³-hybridized carbons (Fsp3) is 0.439. The van der Waals surface area contributed by atoms with Crippen LogP contribution >= 0.6 is 0 Å². The van der Waals surface area contributed by atoms with Crippen molar-refractivity contribution >= 4 is 40.3 Å². The van der Waals surface area contributed by atoms with Crippen molar-refractivity contribution in [2.75, 3.05) is 13.7 Å². The molecule has 0 aromatic heterocycles. The Morgan fingerprint density at radius 2 is 1.23 bits per heavy atom. The predicted molar refractivity (Wildman–Crippen MR) is 272 cm³/mol. The lowest BCUT2D eigenvalue weighted by atomic mass is 9.76. The Balaban J connectivity index is 1.32. The summed E-state index contributed by atoms with van der Waals surface area (Å²) in [6.45, 7) is 14.8. The molecule has 0 spiro atoms. The number of hydrogen-bond donors (Lipinski definition) is 0. The topological polar surface area (TPSA) is 124 Å². The number of ether oxygens (including phenoxy) is 5. The van der Waals surface area contributed by atoms with Gasteiger partial charge in [-0.25, -0.2) is 8.42 Å². The van der Waals surface area contributed by atoms with E-state index in [1.54, 1.807) is 32.2 Å². The number of esters is 1. The zero-order valence-electron chi connectivity index (χ0n) is 41.4. The van der Waals surface area contributed by atoms with Gasteiger partial charge in [0, 0.05) is 23.7 Å². The molecule has 0 N–H and O–H groups in total. The fourth-order valence-corrected chi connectivity index (χ4v) is 16.6. The van der Waals surface area contributed by atoms with Gasteiger partial charge >= 0.3 is 5.97 Å². The first-order valence-corrected chi connectivity index (χ1v) is 27.7. The van der Waals surface area contributed by atoms with Crippen molar-refractivity contribution in [2.24, 2.45) is 17.3 Å². The van der Waals surface area contributed by atoms with E-state index in [-0.39, 0.29) is 48.3 Å². The summed E-state index contributed by atoms with van der Waals surface area (Å²) in [5, 5.41) is 0.314. The third-order valence-electron chi connectivity index (χ3n) is 14.4. The molecule has 2 heterocycles. The summed E-state index contributed by atoms with van der Waals surface area (Å²) in [4.78, 5) is 30.1. The predicted octanol–water partition coefficient (Wildman–Crippen LogP) is 9.71. The molecule has 1 unspecified atom stereocenters. The molecule has 12 heteroatoms. The van der Waals surface area contributed by atoms with Gasteiger partial charge in [0.05, 0.1) is 62.7 Å². The lowest BCUT2D eigenvalue weighted by molar-refractivity contribution is -0.186. The van der Waals surface area contributed by atoms with E-state index in [1.165, 1.54) is 12.1 Å². The second-order valence-electron chi connectivity index (χ2n) is 20.5. The van der Waals surface area contributed by atoms with Crippen LogP contribution in [0.1, 0.15) is 85.3 Å². The zero-order chi connectivity index (χ0) is 49.4. The van der Waals surface area contributed by atoms with Gasteiger partial charge in [-0.2, -0.15) is 0 Å². The van der Waals surface area contributed by atoms with Gasteiger partial charge in [-0.1, -0.05) is 170 Å². The Morgan fingerprint density at radius 3 is 1.80 bits per heavy atom. The lowest BCUT2D eigenvalue weighted by Crippen LogP contribution is -2.67. The summed E-state index contributed by atoms with van der Waals surface area (Å²) < 4.78 is 69.7. The van der Waals surface area contributed by atoms with Crippen LogP contribution in [0.5, 0.6) is 5.75 Å². The second kappa shape index (κ2) is 22.4. The van der Waals surface area contributed by atoms with Crippen LogP contribution in [0.2, 0.25) is 5.04 Å². The molecule has 0 amide bonds. The molecule has 0 radical (unpaired) electrons. The number of carbonyl (C=O) groups is 2. The van der Waals surface area contributed by atoms with Crippen LogP contribution in [0.4, 0.5) is 0 Å². The Hall–Kier alpha value is -4.95. The van der Waals surface area contributed by atoms with Crippen LogP contribution < -0.4 is 15.1 Å². The first kappa shape index (κ1) is 51.9. The number of cyclic esters (lactones) is 1. The van der Waals surface area contributed by atoms with E-state index < -0.39 is 77.0 Å². The van der Waals surface area contributed by atoms with Crippen LogP contribution in [0.3, 0.4) is 0 Å². The molecule has 2 fully saturated rings. The highest BCUT2D eigenvalue weighted by atomic mass is 32.2. The number of sulfone groups is 1. The third kappa shape index (κ3) is 12.0. The summed E-state index contributed by atoms with van der Waals surface area (Å²) >= 11 is 0. The Bertz CT molecular complexity index is 2490. The fourth-order valence-electron chi connectivity index (χ4n) is 10.1. The number of ketones is 1. The van der Waals surface area contributed by atoms with E-state index >= 15 is 4.79 Å². The highest BCUT2D eigenvalue weighted by Gasteiger charge is 2.53. The summed E-state index contributed by atoms with van der Waals surface area (Å²) in [5.74, 6) is -1.31. The smallest absolute Gasteiger partial charge is 0.308 e. The molecule has 2 saturated heterocycles. The molecule has 2 aliphatic heterocycles. The molecular weight excluding hydrogens is 905 g/mol. The van der Waals surface area contributed by atoms with Crippen molar-refractivity contribution in [3.8, 4) is 5.75 Å². The quantitative estimate of drug-likeness (QED) is 0.0785. The monoisotopic (exact) mass is 974 g/mol. The molecule has 368 valence electrons. The Kier molecular flexibility index (Phi) is 16.9. The Labute approximate surface area is 411 Å². The van der Waals surface area contributed by atoms with Crippen molar-refractivity contribution in [3.63, 3.8) is 0 Å². The summed E-state index contributed by atoms with van der Waals surface area (Å²) in [6.07, 6.45) is -3.27. The van der Waals surface area contributed by atoms with Gasteiger partial charge in [0.2, 0.25) is 0 Å². The van der Waals surface area contributed by atoms with Crippen LogP contribution in [-0.4, -0.2) is 78.0 Å². The average molecular weight is 975 g/mol. The largest absolute Gasteiger partial charge is 0.497 e. The molecule has 69 heavy (non-hydrogen) atoms. The van der Waals surface area contributed by atoms with E-state index in [4.69, 9.17) is 28.1 Å². The van der Waals surface area contributed by atoms with Gasteiger partial charge in [0.15, 0.2) is 15.6 Å². The average Bonchev–Trinajstić information content (AvgIpc) is 3.35. The summed E-state index contributed by atoms with van der Waals surface area (Å²) in [5.41, 5.74) is 0.840. The van der Waals surface area contributed by atoms with Crippen LogP contribution in [-0.2, 0) is 56.0 Å².